The highest BCUT2D eigenvalue weighted by Gasteiger charge is 2.50. The van der Waals surface area contributed by atoms with Crippen LogP contribution in [0.4, 0.5) is 5.69 Å². The molecule has 1 saturated heterocycles. The number of rotatable bonds is 1. The number of aromatic hydroxyl groups is 1. The van der Waals surface area contributed by atoms with Crippen LogP contribution in [-0.4, -0.2) is 16.9 Å². The highest BCUT2D eigenvalue weighted by molar-refractivity contribution is 6.22. The second-order valence-corrected chi connectivity index (χ2v) is 5.16. The first-order valence-corrected chi connectivity index (χ1v) is 6.43. The highest BCUT2D eigenvalue weighted by atomic mass is 16.3. The molecule has 4 heteroatoms. The van der Waals surface area contributed by atoms with Crippen molar-refractivity contribution in [3.8, 4) is 5.75 Å². The summed E-state index contributed by atoms with van der Waals surface area (Å²) in [6.45, 7) is 1.95. The third kappa shape index (κ3) is 1.67. The summed E-state index contributed by atoms with van der Waals surface area (Å²) in [5.74, 6) is -0.959. The molecular weight excluding hydrogens is 242 g/mol. The minimum absolute atomic E-state index is 0.0385. The summed E-state index contributed by atoms with van der Waals surface area (Å²) in [5.41, 5.74) is 0.291. The molecule has 4 nitrogen and oxygen atoms in total. The first kappa shape index (κ1) is 12.0. The third-order valence-electron chi connectivity index (χ3n) is 4.00. The van der Waals surface area contributed by atoms with Gasteiger partial charge in [-0.2, -0.15) is 0 Å². The van der Waals surface area contributed by atoms with Crippen molar-refractivity contribution in [2.24, 2.45) is 17.8 Å². The second kappa shape index (κ2) is 4.23. The van der Waals surface area contributed by atoms with Crippen molar-refractivity contribution < 1.29 is 14.7 Å². The number of phenolic OH excluding ortho intramolecular Hbond substituents is 1. The zero-order valence-corrected chi connectivity index (χ0v) is 10.6. The molecule has 1 fully saturated rings. The van der Waals surface area contributed by atoms with E-state index in [1.807, 2.05) is 19.1 Å². The van der Waals surface area contributed by atoms with E-state index in [1.54, 1.807) is 18.2 Å². The van der Waals surface area contributed by atoms with E-state index in [-0.39, 0.29) is 35.3 Å². The van der Waals surface area contributed by atoms with Crippen LogP contribution in [0.3, 0.4) is 0 Å². The Bertz CT molecular complexity index is 579. The Morgan fingerprint density at radius 3 is 2.63 bits per heavy atom. The van der Waals surface area contributed by atoms with Gasteiger partial charge in [0.1, 0.15) is 5.75 Å². The number of amides is 2. The Morgan fingerprint density at radius 2 is 1.95 bits per heavy atom. The highest BCUT2D eigenvalue weighted by Crippen LogP contribution is 2.42. The number of carbonyl (C=O) groups is 2. The van der Waals surface area contributed by atoms with Gasteiger partial charge in [0.25, 0.3) is 0 Å². The predicted molar refractivity (Wildman–Crippen MR) is 70.5 cm³/mol. The van der Waals surface area contributed by atoms with Crippen molar-refractivity contribution in [2.75, 3.05) is 4.90 Å². The molecule has 3 rings (SSSR count). The third-order valence-corrected chi connectivity index (χ3v) is 4.00. The van der Waals surface area contributed by atoms with Gasteiger partial charge in [-0.1, -0.05) is 31.2 Å². The zero-order valence-electron chi connectivity index (χ0n) is 10.6. The Hall–Kier alpha value is -2.10. The number of carbonyl (C=O) groups excluding carboxylic acids is 2. The molecule has 0 aromatic heterocycles. The first-order chi connectivity index (χ1) is 9.11. The van der Waals surface area contributed by atoms with E-state index >= 15 is 0 Å². The standard InChI is InChI=1S/C15H15NO3/c1-9-5-4-6-10-13(9)15(19)16(14(10)18)11-7-2-3-8-12(11)17/h2-5,7-10,13,17H,6H2,1H3. The fourth-order valence-corrected chi connectivity index (χ4v) is 3.04. The van der Waals surface area contributed by atoms with Crippen molar-refractivity contribution in [2.45, 2.75) is 13.3 Å². The molecule has 1 heterocycles. The molecule has 0 saturated carbocycles. The Labute approximate surface area is 111 Å². The molecule has 98 valence electrons. The number of phenols is 1. The summed E-state index contributed by atoms with van der Waals surface area (Å²) in [5, 5.41) is 9.84. The monoisotopic (exact) mass is 257 g/mol. The number of imide groups is 1. The molecule has 0 radical (unpaired) electrons. The summed E-state index contributed by atoms with van der Waals surface area (Å²) in [4.78, 5) is 26.0. The van der Waals surface area contributed by atoms with E-state index < -0.39 is 0 Å². The average Bonchev–Trinajstić information content (AvgIpc) is 2.64. The van der Waals surface area contributed by atoms with Crippen LogP contribution in [0, 0.1) is 17.8 Å². The summed E-state index contributed by atoms with van der Waals surface area (Å²) in [6.07, 6.45) is 4.55. The molecule has 0 spiro atoms. The van der Waals surface area contributed by atoms with Crippen LogP contribution in [0.5, 0.6) is 5.75 Å². The van der Waals surface area contributed by atoms with Crippen molar-refractivity contribution in [3.05, 3.63) is 36.4 Å². The number of nitrogens with zero attached hydrogens (tertiary/aromatic N) is 1. The minimum atomic E-state index is -0.294. The largest absolute Gasteiger partial charge is 0.506 e. The molecule has 1 N–H and O–H groups in total. The predicted octanol–water partition coefficient (Wildman–Crippen LogP) is 2.09. The topological polar surface area (TPSA) is 57.6 Å². The summed E-state index contributed by atoms with van der Waals surface area (Å²) >= 11 is 0. The molecule has 3 atom stereocenters. The lowest BCUT2D eigenvalue weighted by molar-refractivity contribution is -0.122. The smallest absolute Gasteiger partial charge is 0.238 e. The number of anilines is 1. The number of allylic oxidation sites excluding steroid dienone is 2. The number of benzene rings is 1. The van der Waals surface area contributed by atoms with E-state index in [1.165, 1.54) is 6.07 Å². The van der Waals surface area contributed by atoms with Gasteiger partial charge in [0.15, 0.2) is 0 Å². The van der Waals surface area contributed by atoms with Crippen LogP contribution < -0.4 is 4.90 Å². The molecule has 1 aromatic carbocycles. The second-order valence-electron chi connectivity index (χ2n) is 5.16. The number of hydrogen-bond donors (Lipinski definition) is 1. The van der Waals surface area contributed by atoms with Gasteiger partial charge in [0, 0.05) is 0 Å². The van der Waals surface area contributed by atoms with Gasteiger partial charge in [-0.05, 0) is 24.5 Å². The molecule has 0 bridgehead atoms. The first-order valence-electron chi connectivity index (χ1n) is 6.43. The van der Waals surface area contributed by atoms with Crippen LogP contribution in [0.15, 0.2) is 36.4 Å². The van der Waals surface area contributed by atoms with Gasteiger partial charge in [-0.3, -0.25) is 9.59 Å². The van der Waals surface area contributed by atoms with Gasteiger partial charge in [0.05, 0.1) is 17.5 Å². The summed E-state index contributed by atoms with van der Waals surface area (Å²) < 4.78 is 0. The van der Waals surface area contributed by atoms with E-state index in [2.05, 4.69) is 0 Å². The van der Waals surface area contributed by atoms with Crippen molar-refractivity contribution in [3.63, 3.8) is 0 Å². The number of fused-ring (bicyclic) bond motifs is 1. The normalized spacial score (nSPS) is 29.7. The van der Waals surface area contributed by atoms with Crippen LogP contribution in [-0.2, 0) is 9.59 Å². The Kier molecular flexibility index (Phi) is 2.66. The number of para-hydroxylation sites is 2. The van der Waals surface area contributed by atoms with Crippen molar-refractivity contribution >= 4 is 17.5 Å². The maximum Gasteiger partial charge on any atom is 0.238 e. The molecule has 2 amide bonds. The lowest BCUT2D eigenvalue weighted by Gasteiger charge is -2.22. The quantitative estimate of drug-likeness (QED) is 0.619. The van der Waals surface area contributed by atoms with Crippen LogP contribution in [0.2, 0.25) is 0 Å². The average molecular weight is 257 g/mol. The molecule has 2 aliphatic rings. The molecular formula is C15H15NO3. The van der Waals surface area contributed by atoms with Crippen molar-refractivity contribution in [1.82, 2.24) is 0 Å². The van der Waals surface area contributed by atoms with E-state index in [9.17, 15) is 14.7 Å². The van der Waals surface area contributed by atoms with Crippen LogP contribution in [0.1, 0.15) is 13.3 Å². The van der Waals surface area contributed by atoms with Crippen molar-refractivity contribution in [1.29, 1.82) is 0 Å². The SMILES string of the molecule is CC1C=CCC2C(=O)N(c3ccccc3O)C(=O)C12. The fourth-order valence-electron chi connectivity index (χ4n) is 3.04. The molecule has 1 aliphatic heterocycles. The van der Waals surface area contributed by atoms with E-state index in [4.69, 9.17) is 0 Å². The van der Waals surface area contributed by atoms with Gasteiger partial charge in [-0.25, -0.2) is 4.90 Å². The van der Waals surface area contributed by atoms with E-state index in [0.717, 1.165) is 4.90 Å². The van der Waals surface area contributed by atoms with Gasteiger partial charge >= 0.3 is 0 Å². The molecule has 3 unspecified atom stereocenters. The summed E-state index contributed by atoms with van der Waals surface area (Å²) in [7, 11) is 0. The maximum atomic E-state index is 12.5. The van der Waals surface area contributed by atoms with Crippen LogP contribution >= 0.6 is 0 Å². The minimum Gasteiger partial charge on any atom is -0.506 e. The van der Waals surface area contributed by atoms with Crippen LogP contribution in [0.25, 0.3) is 0 Å². The van der Waals surface area contributed by atoms with E-state index in [0.29, 0.717) is 12.1 Å². The molecule has 1 aromatic rings. The van der Waals surface area contributed by atoms with Gasteiger partial charge in [-0.15, -0.1) is 0 Å². The Morgan fingerprint density at radius 1 is 1.21 bits per heavy atom. The molecule has 1 aliphatic carbocycles. The lowest BCUT2D eigenvalue weighted by Crippen LogP contribution is -2.31. The summed E-state index contributed by atoms with van der Waals surface area (Å²) in [6, 6.07) is 6.46. The Balaban J connectivity index is 2.04. The maximum absolute atomic E-state index is 12.5. The lowest BCUT2D eigenvalue weighted by atomic mass is 9.78. The fraction of sp³-hybridized carbons (Fsp3) is 0.333. The molecule has 19 heavy (non-hydrogen) atoms. The van der Waals surface area contributed by atoms with Gasteiger partial charge < -0.3 is 5.11 Å². The van der Waals surface area contributed by atoms with Gasteiger partial charge in [0.2, 0.25) is 11.8 Å². The zero-order chi connectivity index (χ0) is 13.6. The number of hydrogen-bond acceptors (Lipinski definition) is 3.